The molecule has 0 aliphatic carbocycles. The van der Waals surface area contributed by atoms with Gasteiger partial charge in [-0.1, -0.05) is 12.1 Å². The first-order chi connectivity index (χ1) is 16.9. The Balaban J connectivity index is 1.64. The number of H-pyrrole nitrogens is 1. The van der Waals surface area contributed by atoms with Crippen LogP contribution >= 0.6 is 0 Å². The van der Waals surface area contributed by atoms with Gasteiger partial charge in [0.05, 0.1) is 29.2 Å². The van der Waals surface area contributed by atoms with Gasteiger partial charge in [-0.15, -0.1) is 5.10 Å². The number of furan rings is 1. The summed E-state index contributed by atoms with van der Waals surface area (Å²) in [6, 6.07) is 17.7. The summed E-state index contributed by atoms with van der Waals surface area (Å²) < 4.78 is 17.1. The minimum absolute atomic E-state index is 0.00715. The molecule has 4 aromatic rings. The molecule has 0 fully saturated rings. The third-order valence-corrected chi connectivity index (χ3v) is 6.00. The number of nitrogens with two attached hydrogens (primary N) is 1. The molecule has 2 aromatic carbocycles. The van der Waals surface area contributed by atoms with Gasteiger partial charge in [0.2, 0.25) is 11.8 Å². The molecule has 5 rings (SSSR count). The van der Waals surface area contributed by atoms with Crippen LogP contribution in [0, 0.1) is 28.4 Å². The first-order valence-electron chi connectivity index (χ1n) is 10.6. The summed E-state index contributed by atoms with van der Waals surface area (Å²) in [5.41, 5.74) is 9.31. The number of methoxy groups -OCH3 is 1. The van der Waals surface area contributed by atoms with Crippen molar-refractivity contribution in [1.82, 2.24) is 10.2 Å². The minimum atomic E-state index is -0.702. The maximum Gasteiger partial charge on any atom is 0.273 e. The molecule has 0 spiro atoms. The first kappa shape index (κ1) is 21.8. The summed E-state index contributed by atoms with van der Waals surface area (Å²) in [4.78, 5) is 10.9. The normalized spacial score (nSPS) is 14.7. The van der Waals surface area contributed by atoms with Crippen molar-refractivity contribution >= 4 is 5.69 Å². The van der Waals surface area contributed by atoms with Crippen molar-refractivity contribution in [2.24, 2.45) is 5.73 Å². The van der Waals surface area contributed by atoms with Crippen molar-refractivity contribution in [3.63, 3.8) is 0 Å². The lowest BCUT2D eigenvalue weighted by atomic mass is 9.86. The third-order valence-electron chi connectivity index (χ3n) is 6.00. The Morgan fingerprint density at radius 2 is 1.97 bits per heavy atom. The first-order valence-corrected chi connectivity index (χ1v) is 10.6. The molecule has 0 bridgehead atoms. The number of allylic oxidation sites excluding steroid dienone is 1. The van der Waals surface area contributed by atoms with E-state index in [1.807, 2.05) is 24.3 Å². The maximum atomic E-state index is 11.4. The number of ether oxygens (including phenoxy) is 2. The van der Waals surface area contributed by atoms with E-state index in [2.05, 4.69) is 16.3 Å². The minimum Gasteiger partial charge on any atom is -0.497 e. The molecule has 10 nitrogen and oxygen atoms in total. The highest BCUT2D eigenvalue weighted by Gasteiger charge is 2.37. The van der Waals surface area contributed by atoms with E-state index in [0.717, 1.165) is 5.56 Å². The van der Waals surface area contributed by atoms with Crippen molar-refractivity contribution in [3.8, 4) is 40.3 Å². The molecule has 0 saturated heterocycles. The number of nitro benzene ring substituents is 1. The SMILES string of the molecule is COc1ccc(-c2[nH]nc3c2[C@@H](c2ccc(-c4cccc([N+](=O)[O-])c4C)o2)C(C#N)=C(N)O3)cc1. The standard InChI is InChI=1S/C25H19N5O5/c1-13-16(4-3-5-18(13)30(31)32)19-10-11-20(34-19)21-17(12-26)24(27)35-25-22(21)23(28-29-25)14-6-8-15(33-2)9-7-14/h3-11,21H,27H2,1-2H3,(H,28,29)/t21-/m1/s1. The van der Waals surface area contributed by atoms with E-state index in [-0.39, 0.29) is 23.0 Å². The molecule has 2 aromatic heterocycles. The maximum absolute atomic E-state index is 11.4. The van der Waals surface area contributed by atoms with Crippen molar-refractivity contribution in [3.05, 3.63) is 93.1 Å². The summed E-state index contributed by atoms with van der Waals surface area (Å²) >= 11 is 0. The molecule has 0 unspecified atom stereocenters. The predicted molar refractivity (Wildman–Crippen MR) is 125 cm³/mol. The van der Waals surface area contributed by atoms with E-state index in [9.17, 15) is 15.4 Å². The number of fused-ring (bicyclic) bond motifs is 1. The van der Waals surface area contributed by atoms with Crippen LogP contribution in [0.1, 0.15) is 22.8 Å². The van der Waals surface area contributed by atoms with Crippen LogP contribution in [0.15, 0.2) is 70.5 Å². The predicted octanol–water partition coefficient (Wildman–Crippen LogP) is 4.78. The van der Waals surface area contributed by atoms with Crippen LogP contribution in [0.25, 0.3) is 22.6 Å². The van der Waals surface area contributed by atoms with Gasteiger partial charge in [0, 0.05) is 22.8 Å². The Labute approximate surface area is 199 Å². The van der Waals surface area contributed by atoms with Gasteiger partial charge in [0.15, 0.2) is 0 Å². The van der Waals surface area contributed by atoms with Gasteiger partial charge in [-0.2, -0.15) is 5.26 Å². The van der Waals surface area contributed by atoms with Gasteiger partial charge in [0.1, 0.15) is 28.9 Å². The summed E-state index contributed by atoms with van der Waals surface area (Å²) in [7, 11) is 1.58. The second-order valence-corrected chi connectivity index (χ2v) is 7.88. The average Bonchev–Trinajstić information content (AvgIpc) is 3.50. The smallest absolute Gasteiger partial charge is 0.273 e. The van der Waals surface area contributed by atoms with E-state index >= 15 is 0 Å². The van der Waals surface area contributed by atoms with E-state index < -0.39 is 10.8 Å². The van der Waals surface area contributed by atoms with Crippen molar-refractivity contribution < 1.29 is 18.8 Å². The average molecular weight is 469 g/mol. The van der Waals surface area contributed by atoms with Crippen LogP contribution in [0.3, 0.4) is 0 Å². The zero-order valence-corrected chi connectivity index (χ0v) is 18.7. The molecule has 3 heterocycles. The highest BCUT2D eigenvalue weighted by molar-refractivity contribution is 5.72. The Morgan fingerprint density at radius 3 is 2.66 bits per heavy atom. The Bertz CT molecular complexity index is 1520. The number of rotatable bonds is 5. The summed E-state index contributed by atoms with van der Waals surface area (Å²) in [6.07, 6.45) is 0. The fourth-order valence-corrected chi connectivity index (χ4v) is 4.25. The van der Waals surface area contributed by atoms with E-state index in [1.54, 1.807) is 38.3 Å². The number of nitriles is 1. The number of aromatic nitrogens is 2. The lowest BCUT2D eigenvalue weighted by molar-refractivity contribution is -0.385. The van der Waals surface area contributed by atoms with E-state index in [1.165, 1.54) is 6.07 Å². The molecule has 3 N–H and O–H groups in total. The molecule has 0 amide bonds. The van der Waals surface area contributed by atoms with Gasteiger partial charge in [-0.05, 0) is 43.3 Å². The molecule has 1 atom stereocenters. The Hall–Kier alpha value is -5.04. The van der Waals surface area contributed by atoms with Gasteiger partial charge in [-0.3, -0.25) is 15.2 Å². The lowest BCUT2D eigenvalue weighted by Gasteiger charge is -2.22. The molecule has 10 heteroatoms. The largest absolute Gasteiger partial charge is 0.497 e. The zero-order chi connectivity index (χ0) is 24.7. The highest BCUT2D eigenvalue weighted by atomic mass is 16.6. The highest BCUT2D eigenvalue weighted by Crippen LogP contribution is 2.47. The second kappa shape index (κ2) is 8.39. The summed E-state index contributed by atoms with van der Waals surface area (Å²) in [5.74, 6) is 1.02. The summed E-state index contributed by atoms with van der Waals surface area (Å²) in [6.45, 7) is 1.67. The number of hydrogen-bond acceptors (Lipinski definition) is 8. The van der Waals surface area contributed by atoms with Crippen molar-refractivity contribution in [2.45, 2.75) is 12.8 Å². The monoisotopic (exact) mass is 469 g/mol. The number of aromatic amines is 1. The number of nitrogens with one attached hydrogen (secondary N) is 1. The lowest BCUT2D eigenvalue weighted by Crippen LogP contribution is -2.20. The van der Waals surface area contributed by atoms with Crippen molar-refractivity contribution in [1.29, 1.82) is 5.26 Å². The van der Waals surface area contributed by atoms with Crippen LogP contribution in [0.2, 0.25) is 0 Å². The van der Waals surface area contributed by atoms with E-state index in [4.69, 9.17) is 19.6 Å². The fraction of sp³-hybridized carbons (Fsp3) is 0.120. The molecular weight excluding hydrogens is 450 g/mol. The number of nitrogens with zero attached hydrogens (tertiary/aromatic N) is 3. The fourth-order valence-electron chi connectivity index (χ4n) is 4.25. The van der Waals surface area contributed by atoms with Crippen LogP contribution in [-0.4, -0.2) is 22.2 Å². The van der Waals surface area contributed by atoms with Crippen LogP contribution in [0.4, 0.5) is 5.69 Å². The molecule has 1 aliphatic heterocycles. The van der Waals surface area contributed by atoms with Gasteiger partial charge in [0.25, 0.3) is 5.69 Å². The Kier molecular flexibility index (Phi) is 5.22. The van der Waals surface area contributed by atoms with E-state index in [0.29, 0.717) is 39.7 Å². The molecule has 1 aliphatic rings. The molecule has 174 valence electrons. The third kappa shape index (κ3) is 3.55. The summed E-state index contributed by atoms with van der Waals surface area (Å²) in [5, 5.41) is 28.5. The number of benzene rings is 2. The Morgan fingerprint density at radius 1 is 1.20 bits per heavy atom. The molecular formula is C25H19N5O5. The van der Waals surface area contributed by atoms with Crippen LogP contribution in [-0.2, 0) is 0 Å². The molecule has 0 saturated carbocycles. The van der Waals surface area contributed by atoms with Crippen molar-refractivity contribution in [2.75, 3.05) is 7.11 Å². The van der Waals surface area contributed by atoms with Crippen LogP contribution in [0.5, 0.6) is 11.6 Å². The van der Waals surface area contributed by atoms with Crippen LogP contribution < -0.4 is 15.2 Å². The van der Waals surface area contributed by atoms with Gasteiger partial charge < -0.3 is 19.6 Å². The molecule has 35 heavy (non-hydrogen) atoms. The number of hydrogen-bond donors (Lipinski definition) is 2. The number of nitro groups is 1. The van der Waals surface area contributed by atoms with Gasteiger partial charge >= 0.3 is 0 Å². The van der Waals surface area contributed by atoms with Gasteiger partial charge in [-0.25, -0.2) is 0 Å². The topological polar surface area (TPSA) is 153 Å². The quantitative estimate of drug-likeness (QED) is 0.313. The molecule has 0 radical (unpaired) electrons. The second-order valence-electron chi connectivity index (χ2n) is 7.88. The zero-order valence-electron chi connectivity index (χ0n) is 18.7.